The van der Waals surface area contributed by atoms with Crippen molar-refractivity contribution < 1.29 is 13.5 Å². The maximum absolute atomic E-state index is 13.3. The molecule has 0 saturated heterocycles. The molecule has 0 aliphatic rings. The lowest BCUT2D eigenvalue weighted by Crippen LogP contribution is -2.10. The molecular weight excluding hydrogens is 337 g/mol. The van der Waals surface area contributed by atoms with E-state index in [-0.39, 0.29) is 5.82 Å². The minimum Gasteiger partial charge on any atom is -0.497 e. The number of halogens is 2. The zero-order valence-electron chi connectivity index (χ0n) is 11.3. The SMILES string of the molecule is COc1ccc2cc(C(N)c3ccc(F)c(Br)c3)oc2c1. The molecule has 0 fully saturated rings. The van der Waals surface area contributed by atoms with Crippen LogP contribution < -0.4 is 10.5 Å². The van der Waals surface area contributed by atoms with Crippen molar-refractivity contribution in [1.82, 2.24) is 0 Å². The van der Waals surface area contributed by atoms with E-state index in [9.17, 15) is 4.39 Å². The summed E-state index contributed by atoms with van der Waals surface area (Å²) < 4.78 is 24.6. The summed E-state index contributed by atoms with van der Waals surface area (Å²) in [6.45, 7) is 0. The number of furan rings is 1. The molecule has 1 aromatic heterocycles. The van der Waals surface area contributed by atoms with Crippen LogP contribution in [0.5, 0.6) is 5.75 Å². The molecule has 3 nitrogen and oxygen atoms in total. The minimum atomic E-state index is -0.458. The van der Waals surface area contributed by atoms with Crippen LogP contribution in [0.15, 0.2) is 51.4 Å². The molecule has 1 unspecified atom stereocenters. The van der Waals surface area contributed by atoms with Crippen LogP contribution in [-0.2, 0) is 0 Å². The molecule has 0 spiro atoms. The first kappa shape index (κ1) is 14.1. The van der Waals surface area contributed by atoms with E-state index in [2.05, 4.69) is 15.9 Å². The van der Waals surface area contributed by atoms with Gasteiger partial charge in [-0.25, -0.2) is 4.39 Å². The fourth-order valence-corrected chi connectivity index (χ4v) is 2.58. The van der Waals surface area contributed by atoms with Crippen molar-refractivity contribution in [2.24, 2.45) is 5.73 Å². The largest absolute Gasteiger partial charge is 0.497 e. The van der Waals surface area contributed by atoms with Gasteiger partial charge in [-0.2, -0.15) is 0 Å². The number of hydrogen-bond donors (Lipinski definition) is 1. The highest BCUT2D eigenvalue weighted by Crippen LogP contribution is 2.30. The van der Waals surface area contributed by atoms with Crippen molar-refractivity contribution in [3.05, 3.63) is 64.1 Å². The molecule has 1 heterocycles. The van der Waals surface area contributed by atoms with E-state index in [0.29, 0.717) is 15.8 Å². The van der Waals surface area contributed by atoms with Gasteiger partial charge in [-0.15, -0.1) is 0 Å². The molecule has 108 valence electrons. The Kier molecular flexibility index (Phi) is 3.69. The predicted molar refractivity (Wildman–Crippen MR) is 82.9 cm³/mol. The van der Waals surface area contributed by atoms with Crippen LogP contribution in [0.4, 0.5) is 4.39 Å². The van der Waals surface area contributed by atoms with Gasteiger partial charge in [0.15, 0.2) is 0 Å². The summed E-state index contributed by atoms with van der Waals surface area (Å²) in [6, 6.07) is 11.7. The summed E-state index contributed by atoms with van der Waals surface area (Å²) in [5, 5.41) is 0.947. The molecule has 0 saturated carbocycles. The standard InChI is InChI=1S/C16H13BrFNO2/c1-20-11-4-2-9-7-15(21-14(9)8-11)16(19)10-3-5-13(18)12(17)6-10/h2-8,16H,19H2,1H3. The molecule has 0 bridgehead atoms. The lowest BCUT2D eigenvalue weighted by Gasteiger charge is -2.09. The molecule has 3 rings (SSSR count). The Labute approximate surface area is 129 Å². The van der Waals surface area contributed by atoms with Crippen molar-refractivity contribution in [2.45, 2.75) is 6.04 Å². The van der Waals surface area contributed by atoms with E-state index in [4.69, 9.17) is 14.9 Å². The lowest BCUT2D eigenvalue weighted by molar-refractivity contribution is 0.414. The summed E-state index contributed by atoms with van der Waals surface area (Å²) in [5.74, 6) is 1.03. The second-order valence-corrected chi connectivity index (χ2v) is 5.56. The van der Waals surface area contributed by atoms with Crippen LogP contribution in [-0.4, -0.2) is 7.11 Å². The quantitative estimate of drug-likeness (QED) is 0.762. The Morgan fingerprint density at radius 1 is 1.19 bits per heavy atom. The Bertz CT molecular complexity index is 800. The third-order valence-corrected chi connectivity index (χ3v) is 3.96. The zero-order valence-corrected chi connectivity index (χ0v) is 12.9. The molecular formula is C16H13BrFNO2. The van der Waals surface area contributed by atoms with E-state index in [0.717, 1.165) is 16.7 Å². The van der Waals surface area contributed by atoms with Crippen LogP contribution in [0.1, 0.15) is 17.4 Å². The van der Waals surface area contributed by atoms with Crippen LogP contribution in [0.25, 0.3) is 11.0 Å². The Morgan fingerprint density at radius 3 is 2.71 bits per heavy atom. The fourth-order valence-electron chi connectivity index (χ4n) is 2.18. The van der Waals surface area contributed by atoms with Crippen LogP contribution in [0.2, 0.25) is 0 Å². The van der Waals surface area contributed by atoms with E-state index in [1.54, 1.807) is 19.2 Å². The molecule has 2 N–H and O–H groups in total. The third-order valence-electron chi connectivity index (χ3n) is 3.36. The van der Waals surface area contributed by atoms with Gasteiger partial charge >= 0.3 is 0 Å². The number of fused-ring (bicyclic) bond motifs is 1. The highest BCUT2D eigenvalue weighted by atomic mass is 79.9. The van der Waals surface area contributed by atoms with Crippen molar-refractivity contribution in [2.75, 3.05) is 7.11 Å². The normalized spacial score (nSPS) is 12.6. The Morgan fingerprint density at radius 2 is 2.00 bits per heavy atom. The summed E-state index contributed by atoms with van der Waals surface area (Å²) in [7, 11) is 1.60. The Balaban J connectivity index is 2.00. The number of ether oxygens (including phenoxy) is 1. The first-order valence-corrected chi connectivity index (χ1v) is 7.16. The third kappa shape index (κ3) is 2.66. The van der Waals surface area contributed by atoms with Gasteiger partial charge in [-0.3, -0.25) is 0 Å². The number of rotatable bonds is 3. The molecule has 1 atom stereocenters. The van der Waals surface area contributed by atoms with Gasteiger partial charge in [-0.05, 0) is 51.8 Å². The van der Waals surface area contributed by atoms with Gasteiger partial charge in [0.1, 0.15) is 22.9 Å². The summed E-state index contributed by atoms with van der Waals surface area (Å²) in [5.41, 5.74) is 7.68. The lowest BCUT2D eigenvalue weighted by atomic mass is 10.1. The highest BCUT2D eigenvalue weighted by molar-refractivity contribution is 9.10. The molecule has 2 aromatic carbocycles. The zero-order chi connectivity index (χ0) is 15.0. The predicted octanol–water partition coefficient (Wildman–Crippen LogP) is 4.39. The molecule has 0 aliphatic heterocycles. The maximum Gasteiger partial charge on any atom is 0.138 e. The molecule has 3 aromatic rings. The summed E-state index contributed by atoms with van der Waals surface area (Å²) >= 11 is 3.16. The van der Waals surface area contributed by atoms with Gasteiger partial charge in [0, 0.05) is 11.5 Å². The second-order valence-electron chi connectivity index (χ2n) is 4.70. The number of nitrogens with two attached hydrogens (primary N) is 1. The summed E-state index contributed by atoms with van der Waals surface area (Å²) in [6.07, 6.45) is 0. The van der Waals surface area contributed by atoms with E-state index < -0.39 is 6.04 Å². The van der Waals surface area contributed by atoms with Gasteiger partial charge in [0.05, 0.1) is 17.6 Å². The van der Waals surface area contributed by atoms with Crippen molar-refractivity contribution in [3.63, 3.8) is 0 Å². The number of benzene rings is 2. The van der Waals surface area contributed by atoms with Gasteiger partial charge in [0.25, 0.3) is 0 Å². The average Bonchev–Trinajstić information content (AvgIpc) is 2.92. The minimum absolute atomic E-state index is 0.319. The van der Waals surface area contributed by atoms with Gasteiger partial charge in [-0.1, -0.05) is 6.07 Å². The average molecular weight is 350 g/mol. The van der Waals surface area contributed by atoms with E-state index in [1.165, 1.54) is 6.07 Å². The second kappa shape index (κ2) is 5.50. The van der Waals surface area contributed by atoms with Gasteiger partial charge in [0.2, 0.25) is 0 Å². The maximum atomic E-state index is 13.3. The smallest absolute Gasteiger partial charge is 0.138 e. The molecule has 21 heavy (non-hydrogen) atoms. The first-order valence-electron chi connectivity index (χ1n) is 6.36. The van der Waals surface area contributed by atoms with Crippen LogP contribution in [0, 0.1) is 5.82 Å². The van der Waals surface area contributed by atoms with Crippen LogP contribution >= 0.6 is 15.9 Å². The van der Waals surface area contributed by atoms with Crippen molar-refractivity contribution in [3.8, 4) is 5.75 Å². The summed E-state index contributed by atoms with van der Waals surface area (Å²) in [4.78, 5) is 0. The number of hydrogen-bond acceptors (Lipinski definition) is 3. The molecule has 0 radical (unpaired) electrons. The highest BCUT2D eigenvalue weighted by Gasteiger charge is 2.16. The van der Waals surface area contributed by atoms with E-state index >= 15 is 0 Å². The topological polar surface area (TPSA) is 48.4 Å². The first-order chi connectivity index (χ1) is 10.1. The molecule has 5 heteroatoms. The van der Waals surface area contributed by atoms with E-state index in [1.807, 2.05) is 24.3 Å². The van der Waals surface area contributed by atoms with Gasteiger partial charge < -0.3 is 14.9 Å². The Hall–Kier alpha value is -1.85. The van der Waals surface area contributed by atoms with Crippen molar-refractivity contribution in [1.29, 1.82) is 0 Å². The molecule has 0 amide bonds. The van der Waals surface area contributed by atoms with Crippen LogP contribution in [0.3, 0.4) is 0 Å². The molecule has 0 aliphatic carbocycles. The fraction of sp³-hybridized carbons (Fsp3) is 0.125. The number of methoxy groups -OCH3 is 1. The monoisotopic (exact) mass is 349 g/mol. The van der Waals surface area contributed by atoms with Crippen molar-refractivity contribution >= 4 is 26.9 Å².